The first-order chi connectivity index (χ1) is 20.3. The molecule has 210 valence electrons. The van der Waals surface area contributed by atoms with Crippen LogP contribution in [0.1, 0.15) is 28.8 Å². The van der Waals surface area contributed by atoms with Gasteiger partial charge < -0.3 is 19.4 Å². The third kappa shape index (κ3) is 4.11. The lowest BCUT2D eigenvalue weighted by molar-refractivity contribution is -0.136. The number of nitrogens with one attached hydrogen (secondary N) is 1. The van der Waals surface area contributed by atoms with Crippen LogP contribution in [0.15, 0.2) is 55.0 Å². The number of nitrogens with zero attached hydrogens (tertiary/aromatic N) is 4. The van der Waals surface area contributed by atoms with Gasteiger partial charge in [-0.3, -0.25) is 9.78 Å². The number of hydrogen-bond acceptors (Lipinski definition) is 5. The van der Waals surface area contributed by atoms with Crippen molar-refractivity contribution in [2.45, 2.75) is 33.1 Å². The van der Waals surface area contributed by atoms with Gasteiger partial charge in [0.05, 0.1) is 24.4 Å². The standard InChI is InChI=1S/C33H28FN5O3/c1-17-22-5-4-10-42-31(22)26(34)13-23(17)30-24(15-29(40)41)18(2)38-33-25(30)14-28(39(33)3)19-6-8-35-27(12-19)21-11-20-7-9-36-32(20)37-16-21/h6-9,11-14,16H,4-5,10,15H2,1-3H3,(H,36,37)(H,40,41). The van der Waals surface area contributed by atoms with Crippen LogP contribution in [-0.2, 0) is 24.7 Å². The van der Waals surface area contributed by atoms with Gasteiger partial charge in [0.2, 0.25) is 0 Å². The summed E-state index contributed by atoms with van der Waals surface area (Å²) in [5, 5.41) is 11.6. The molecule has 0 bridgehead atoms. The van der Waals surface area contributed by atoms with E-state index in [0.717, 1.165) is 56.5 Å². The average Bonchev–Trinajstić information content (AvgIpc) is 3.59. The van der Waals surface area contributed by atoms with Crippen molar-refractivity contribution in [1.29, 1.82) is 0 Å². The van der Waals surface area contributed by atoms with E-state index in [2.05, 4.69) is 15.0 Å². The molecule has 1 aliphatic rings. The van der Waals surface area contributed by atoms with Gasteiger partial charge in [0.15, 0.2) is 11.6 Å². The fourth-order valence-corrected chi connectivity index (χ4v) is 6.18. The number of aromatic nitrogens is 5. The van der Waals surface area contributed by atoms with Crippen LogP contribution in [-0.4, -0.2) is 42.2 Å². The van der Waals surface area contributed by atoms with Crippen LogP contribution in [0.3, 0.4) is 0 Å². The second-order valence-corrected chi connectivity index (χ2v) is 10.8. The molecule has 1 aliphatic heterocycles. The van der Waals surface area contributed by atoms with Crippen LogP contribution in [0.4, 0.5) is 4.39 Å². The Kier molecular flexibility index (Phi) is 6.04. The van der Waals surface area contributed by atoms with Crippen LogP contribution in [0.2, 0.25) is 0 Å². The summed E-state index contributed by atoms with van der Waals surface area (Å²) in [5.41, 5.74) is 9.24. The summed E-state index contributed by atoms with van der Waals surface area (Å²) in [5.74, 6) is -1.10. The van der Waals surface area contributed by atoms with Crippen molar-refractivity contribution in [3.63, 3.8) is 0 Å². The van der Waals surface area contributed by atoms with Gasteiger partial charge in [0, 0.05) is 58.8 Å². The minimum absolute atomic E-state index is 0.225. The number of halogens is 1. The number of aromatic amines is 1. The van der Waals surface area contributed by atoms with E-state index in [4.69, 9.17) is 9.72 Å². The normalized spacial score (nSPS) is 13.0. The number of carbonyl (C=O) groups is 1. The number of carboxylic acid groups (broad SMARTS) is 1. The zero-order valence-electron chi connectivity index (χ0n) is 23.5. The quantitative estimate of drug-likeness (QED) is 0.247. The first kappa shape index (κ1) is 25.9. The van der Waals surface area contributed by atoms with Crippen LogP contribution in [0, 0.1) is 19.7 Å². The number of aliphatic carboxylic acids is 1. The fourth-order valence-electron chi connectivity index (χ4n) is 6.18. The maximum absolute atomic E-state index is 15.4. The summed E-state index contributed by atoms with van der Waals surface area (Å²) >= 11 is 0. The van der Waals surface area contributed by atoms with E-state index >= 15 is 4.39 Å². The van der Waals surface area contributed by atoms with Gasteiger partial charge in [0.25, 0.3) is 0 Å². The molecular weight excluding hydrogens is 533 g/mol. The van der Waals surface area contributed by atoms with Gasteiger partial charge in [0.1, 0.15) is 11.3 Å². The largest absolute Gasteiger partial charge is 0.490 e. The second-order valence-electron chi connectivity index (χ2n) is 10.8. The number of rotatable bonds is 5. The maximum atomic E-state index is 15.4. The van der Waals surface area contributed by atoms with Crippen molar-refractivity contribution in [2.75, 3.05) is 6.61 Å². The van der Waals surface area contributed by atoms with E-state index in [-0.39, 0.29) is 6.42 Å². The van der Waals surface area contributed by atoms with Crippen LogP contribution in [0.5, 0.6) is 5.75 Å². The van der Waals surface area contributed by atoms with Gasteiger partial charge in [-0.05, 0) is 85.3 Å². The molecule has 0 amide bonds. The highest BCUT2D eigenvalue weighted by Crippen LogP contribution is 2.43. The van der Waals surface area contributed by atoms with Gasteiger partial charge in [-0.2, -0.15) is 0 Å². The van der Waals surface area contributed by atoms with E-state index in [1.807, 2.05) is 62.0 Å². The highest BCUT2D eigenvalue weighted by atomic mass is 19.1. The first-order valence-corrected chi connectivity index (χ1v) is 13.9. The Morgan fingerprint density at radius 3 is 2.83 bits per heavy atom. The lowest BCUT2D eigenvalue weighted by Crippen LogP contribution is -2.13. The predicted octanol–water partition coefficient (Wildman–Crippen LogP) is 6.55. The first-order valence-electron chi connectivity index (χ1n) is 13.9. The van der Waals surface area contributed by atoms with Crippen LogP contribution < -0.4 is 4.74 Å². The Labute approximate surface area is 240 Å². The lowest BCUT2D eigenvalue weighted by Gasteiger charge is -2.23. The number of aryl methyl sites for hydroxylation is 2. The van der Waals surface area contributed by atoms with Crippen molar-refractivity contribution in [3.05, 3.63) is 83.2 Å². The van der Waals surface area contributed by atoms with Crippen molar-refractivity contribution in [2.24, 2.45) is 7.05 Å². The van der Waals surface area contributed by atoms with Crippen molar-refractivity contribution < 1.29 is 19.0 Å². The summed E-state index contributed by atoms with van der Waals surface area (Å²) < 4.78 is 23.1. The van der Waals surface area contributed by atoms with Crippen molar-refractivity contribution in [1.82, 2.24) is 24.5 Å². The monoisotopic (exact) mass is 561 g/mol. The average molecular weight is 562 g/mol. The van der Waals surface area contributed by atoms with Gasteiger partial charge in [-0.1, -0.05) is 0 Å². The number of pyridine rings is 3. The zero-order valence-corrected chi connectivity index (χ0v) is 23.5. The Bertz CT molecular complexity index is 2060. The van der Waals surface area contributed by atoms with Crippen molar-refractivity contribution >= 4 is 28.0 Å². The molecule has 7 rings (SSSR count). The molecule has 5 aromatic heterocycles. The van der Waals surface area contributed by atoms with E-state index in [1.165, 1.54) is 6.07 Å². The molecule has 0 unspecified atom stereocenters. The Morgan fingerprint density at radius 2 is 2.00 bits per heavy atom. The number of benzene rings is 1. The molecule has 1 aromatic carbocycles. The van der Waals surface area contributed by atoms with Crippen LogP contribution in [0.25, 0.3) is 55.7 Å². The SMILES string of the molecule is Cc1nc2c(cc(-c3ccnc(-c4cnc5[nH]ccc5c4)c3)n2C)c(-c2cc(F)c3c(c2C)CCCO3)c1CC(=O)O. The second kappa shape index (κ2) is 9.80. The Balaban J connectivity index is 1.45. The smallest absolute Gasteiger partial charge is 0.307 e. The molecule has 8 nitrogen and oxygen atoms in total. The third-order valence-corrected chi connectivity index (χ3v) is 8.27. The van der Waals surface area contributed by atoms with Crippen molar-refractivity contribution in [3.8, 4) is 39.4 Å². The van der Waals surface area contributed by atoms with E-state index < -0.39 is 11.8 Å². The molecule has 0 aliphatic carbocycles. The Morgan fingerprint density at radius 1 is 1.14 bits per heavy atom. The summed E-state index contributed by atoms with van der Waals surface area (Å²) in [6, 6.07) is 11.5. The molecule has 6 heterocycles. The van der Waals surface area contributed by atoms with Gasteiger partial charge in [-0.25, -0.2) is 14.4 Å². The molecule has 9 heteroatoms. The number of ether oxygens (including phenoxy) is 1. The van der Waals surface area contributed by atoms with E-state index in [1.54, 1.807) is 12.4 Å². The maximum Gasteiger partial charge on any atom is 0.307 e. The molecule has 0 fully saturated rings. The topological polar surface area (TPSA) is 106 Å². The lowest BCUT2D eigenvalue weighted by atomic mass is 9.87. The summed E-state index contributed by atoms with van der Waals surface area (Å²) in [6.45, 7) is 4.26. The van der Waals surface area contributed by atoms with Gasteiger partial charge >= 0.3 is 5.97 Å². The fraction of sp³-hybridized carbons (Fsp3) is 0.212. The predicted molar refractivity (Wildman–Crippen MR) is 159 cm³/mol. The van der Waals surface area contributed by atoms with Gasteiger partial charge in [-0.15, -0.1) is 0 Å². The Hall–Kier alpha value is -5.05. The molecular formula is C33H28FN5O3. The van der Waals surface area contributed by atoms with E-state index in [9.17, 15) is 9.90 Å². The zero-order chi connectivity index (χ0) is 29.1. The summed E-state index contributed by atoms with van der Waals surface area (Å²) in [6.07, 6.45) is 6.70. The minimum Gasteiger partial charge on any atom is -0.490 e. The molecule has 6 aromatic rings. The third-order valence-electron chi connectivity index (χ3n) is 8.27. The number of fused-ring (bicyclic) bond motifs is 3. The molecule has 0 atom stereocenters. The minimum atomic E-state index is -0.970. The van der Waals surface area contributed by atoms with E-state index in [0.29, 0.717) is 46.8 Å². The number of carboxylic acids is 1. The summed E-state index contributed by atoms with van der Waals surface area (Å²) in [7, 11) is 1.94. The summed E-state index contributed by atoms with van der Waals surface area (Å²) in [4.78, 5) is 29.1. The number of H-pyrrole nitrogens is 1. The molecule has 0 radical (unpaired) electrons. The van der Waals surface area contributed by atoms with Crippen LogP contribution >= 0.6 is 0 Å². The highest BCUT2D eigenvalue weighted by Gasteiger charge is 2.26. The molecule has 2 N–H and O–H groups in total. The molecule has 0 spiro atoms. The molecule has 42 heavy (non-hydrogen) atoms. The highest BCUT2D eigenvalue weighted by molar-refractivity contribution is 6.01. The number of hydrogen-bond donors (Lipinski definition) is 2. The molecule has 0 saturated heterocycles. The molecule has 0 saturated carbocycles.